The van der Waals surface area contributed by atoms with Gasteiger partial charge in [0.1, 0.15) is 5.75 Å². The zero-order chi connectivity index (χ0) is 23.7. The molecule has 0 atom stereocenters. The van der Waals surface area contributed by atoms with Crippen molar-refractivity contribution in [1.82, 2.24) is 0 Å². The first-order valence-corrected chi connectivity index (χ1v) is 11.9. The van der Waals surface area contributed by atoms with Crippen molar-refractivity contribution in [2.75, 3.05) is 12.0 Å². The fraction of sp³-hybridized carbons (Fsp3) is 0.103. The summed E-state index contributed by atoms with van der Waals surface area (Å²) in [6.07, 6.45) is 1.93. The Bertz CT molecular complexity index is 1470. The molecule has 4 nitrogen and oxygen atoms in total. The maximum atomic E-state index is 13.8. The molecule has 1 aliphatic rings. The first-order chi connectivity index (χ1) is 16.6. The lowest BCUT2D eigenvalue weighted by Crippen LogP contribution is -2.29. The third-order valence-electron chi connectivity index (χ3n) is 5.92. The van der Waals surface area contributed by atoms with Crippen LogP contribution in [0.3, 0.4) is 0 Å². The molecule has 5 heteroatoms. The summed E-state index contributed by atoms with van der Waals surface area (Å²) in [6.45, 7) is 4.03. The maximum absolute atomic E-state index is 13.8. The summed E-state index contributed by atoms with van der Waals surface area (Å²) in [5, 5.41) is 2.77. The highest BCUT2D eigenvalue weighted by Crippen LogP contribution is 2.40. The lowest BCUT2D eigenvalue weighted by Gasteiger charge is -2.18. The Labute approximate surface area is 203 Å². The number of benzene rings is 4. The third kappa shape index (κ3) is 3.99. The standard InChI is InChI=1S/C29H24N2O2S/c1-19-10-4-8-14-24(19)30-29-31(25-15-9-5-11-20(25)2)28(32)27(34-29)18-23-22-13-7-6-12-21(22)16-17-26(23)33-3/h4-18H,1-3H3/b27-18-,30-29?. The molecule has 1 aliphatic heterocycles. The Balaban J connectivity index is 1.68. The van der Waals surface area contributed by atoms with Crippen LogP contribution in [0, 0.1) is 13.8 Å². The molecule has 0 aromatic heterocycles. The van der Waals surface area contributed by atoms with E-state index in [1.165, 1.54) is 11.8 Å². The van der Waals surface area contributed by atoms with Crippen LogP contribution in [0.2, 0.25) is 0 Å². The number of para-hydroxylation sites is 2. The Morgan fingerprint density at radius 3 is 2.32 bits per heavy atom. The Morgan fingerprint density at radius 2 is 1.56 bits per heavy atom. The second kappa shape index (κ2) is 9.20. The number of nitrogens with zero attached hydrogens (tertiary/aromatic N) is 2. The molecule has 0 bridgehead atoms. The second-order valence-electron chi connectivity index (χ2n) is 8.12. The number of aryl methyl sites for hydroxylation is 2. The molecule has 0 saturated carbocycles. The number of hydrogen-bond acceptors (Lipinski definition) is 4. The molecule has 1 heterocycles. The molecule has 0 unspecified atom stereocenters. The number of hydrogen-bond donors (Lipinski definition) is 0. The van der Waals surface area contributed by atoms with Crippen LogP contribution in [0.5, 0.6) is 5.75 Å². The van der Waals surface area contributed by atoms with Gasteiger partial charge in [-0.15, -0.1) is 0 Å². The fourth-order valence-corrected chi connectivity index (χ4v) is 5.07. The van der Waals surface area contributed by atoms with Crippen LogP contribution < -0.4 is 9.64 Å². The number of rotatable bonds is 4. The summed E-state index contributed by atoms with van der Waals surface area (Å²) in [5.74, 6) is 0.632. The average Bonchev–Trinajstić information content (AvgIpc) is 3.15. The van der Waals surface area contributed by atoms with Crippen molar-refractivity contribution in [3.8, 4) is 5.75 Å². The van der Waals surface area contributed by atoms with Crippen LogP contribution in [0.25, 0.3) is 16.8 Å². The normalized spacial score (nSPS) is 16.1. The molecule has 0 N–H and O–H groups in total. The summed E-state index contributed by atoms with van der Waals surface area (Å²) in [5.41, 5.74) is 4.64. The monoisotopic (exact) mass is 464 g/mol. The molecule has 5 rings (SSSR count). The molecule has 0 aliphatic carbocycles. The highest BCUT2D eigenvalue weighted by molar-refractivity contribution is 8.19. The smallest absolute Gasteiger partial charge is 0.271 e. The van der Waals surface area contributed by atoms with Crippen molar-refractivity contribution in [1.29, 1.82) is 0 Å². The summed E-state index contributed by atoms with van der Waals surface area (Å²) in [7, 11) is 1.65. The van der Waals surface area contributed by atoms with Crippen molar-refractivity contribution in [3.05, 3.63) is 107 Å². The number of carbonyl (C=O) groups excluding carboxylic acids is 1. The molecule has 1 amide bonds. The number of amidine groups is 1. The summed E-state index contributed by atoms with van der Waals surface area (Å²) >= 11 is 1.39. The van der Waals surface area contributed by atoms with E-state index in [1.807, 2.05) is 92.7 Å². The van der Waals surface area contributed by atoms with Crippen molar-refractivity contribution in [3.63, 3.8) is 0 Å². The number of methoxy groups -OCH3 is 1. The van der Waals surface area contributed by atoms with Crippen molar-refractivity contribution >= 4 is 51.1 Å². The van der Waals surface area contributed by atoms with Gasteiger partial charge >= 0.3 is 0 Å². The molecule has 34 heavy (non-hydrogen) atoms. The topological polar surface area (TPSA) is 41.9 Å². The molecular weight excluding hydrogens is 440 g/mol. The lowest BCUT2D eigenvalue weighted by atomic mass is 10.0. The molecular formula is C29H24N2O2S. The van der Waals surface area contributed by atoms with E-state index in [4.69, 9.17) is 9.73 Å². The number of ether oxygens (including phenoxy) is 1. The maximum Gasteiger partial charge on any atom is 0.271 e. The first kappa shape index (κ1) is 22.0. The van der Waals surface area contributed by atoms with Gasteiger partial charge in [-0.3, -0.25) is 9.69 Å². The van der Waals surface area contributed by atoms with Crippen LogP contribution >= 0.6 is 11.8 Å². The van der Waals surface area contributed by atoms with E-state index in [2.05, 4.69) is 12.1 Å². The summed E-state index contributed by atoms with van der Waals surface area (Å²) < 4.78 is 5.66. The third-order valence-corrected chi connectivity index (χ3v) is 6.89. The molecule has 1 fully saturated rings. The quantitative estimate of drug-likeness (QED) is 0.298. The van der Waals surface area contributed by atoms with Crippen LogP contribution in [0.4, 0.5) is 11.4 Å². The molecule has 168 valence electrons. The van der Waals surface area contributed by atoms with Crippen molar-refractivity contribution < 1.29 is 9.53 Å². The predicted octanol–water partition coefficient (Wildman–Crippen LogP) is 7.27. The van der Waals surface area contributed by atoms with E-state index < -0.39 is 0 Å². The molecule has 4 aromatic rings. The van der Waals surface area contributed by atoms with Crippen LogP contribution in [-0.2, 0) is 4.79 Å². The van der Waals surface area contributed by atoms with Gasteiger partial charge in [0.25, 0.3) is 5.91 Å². The fourth-order valence-electron chi connectivity index (χ4n) is 4.10. The highest BCUT2D eigenvalue weighted by Gasteiger charge is 2.35. The number of carbonyl (C=O) groups is 1. The van der Waals surface area contributed by atoms with Crippen LogP contribution in [0.1, 0.15) is 16.7 Å². The van der Waals surface area contributed by atoms with Crippen molar-refractivity contribution in [2.45, 2.75) is 13.8 Å². The van der Waals surface area contributed by atoms with Gasteiger partial charge in [0.2, 0.25) is 0 Å². The molecule has 1 saturated heterocycles. The minimum absolute atomic E-state index is 0.0957. The van der Waals surface area contributed by atoms with Gasteiger partial charge in [-0.05, 0) is 71.8 Å². The molecule has 0 spiro atoms. The SMILES string of the molecule is COc1ccc2ccccc2c1/C=C1\SC(=Nc2ccccc2C)N(c2ccccc2C)C1=O. The van der Waals surface area contributed by atoms with E-state index >= 15 is 0 Å². The summed E-state index contributed by atoms with van der Waals surface area (Å²) in [4.78, 5) is 21.0. The van der Waals surface area contributed by atoms with Gasteiger partial charge in [-0.2, -0.15) is 0 Å². The number of aliphatic imine (C=N–C) groups is 1. The molecule has 0 radical (unpaired) electrons. The minimum atomic E-state index is -0.0957. The van der Waals surface area contributed by atoms with Crippen LogP contribution in [0.15, 0.2) is 94.8 Å². The zero-order valence-electron chi connectivity index (χ0n) is 19.3. The van der Waals surface area contributed by atoms with Crippen molar-refractivity contribution in [2.24, 2.45) is 4.99 Å². The molecule has 4 aromatic carbocycles. The summed E-state index contributed by atoms with van der Waals surface area (Å²) in [6, 6.07) is 27.9. The van der Waals surface area contributed by atoms with Gasteiger partial charge in [0.15, 0.2) is 5.17 Å². The van der Waals surface area contributed by atoms with E-state index in [9.17, 15) is 4.79 Å². The van der Waals surface area contributed by atoms with Gasteiger partial charge in [-0.25, -0.2) is 4.99 Å². The largest absolute Gasteiger partial charge is 0.496 e. The van der Waals surface area contributed by atoms with Gasteiger partial charge in [0.05, 0.1) is 23.4 Å². The first-order valence-electron chi connectivity index (χ1n) is 11.1. The lowest BCUT2D eigenvalue weighted by molar-refractivity contribution is -0.113. The highest BCUT2D eigenvalue weighted by atomic mass is 32.2. The number of amides is 1. The number of thioether (sulfide) groups is 1. The van der Waals surface area contributed by atoms with E-state index in [0.29, 0.717) is 10.1 Å². The minimum Gasteiger partial charge on any atom is -0.496 e. The van der Waals surface area contributed by atoms with E-state index in [-0.39, 0.29) is 5.91 Å². The van der Waals surface area contributed by atoms with Crippen LogP contribution in [-0.4, -0.2) is 18.2 Å². The zero-order valence-corrected chi connectivity index (χ0v) is 20.1. The van der Waals surface area contributed by atoms with E-state index in [0.717, 1.165) is 44.6 Å². The average molecular weight is 465 g/mol. The van der Waals surface area contributed by atoms with Gasteiger partial charge in [0, 0.05) is 5.56 Å². The number of anilines is 1. The number of fused-ring (bicyclic) bond motifs is 1. The Kier molecular flexibility index (Phi) is 5.95. The second-order valence-corrected chi connectivity index (χ2v) is 9.13. The van der Waals surface area contributed by atoms with E-state index in [1.54, 1.807) is 12.0 Å². The van der Waals surface area contributed by atoms with Gasteiger partial charge in [-0.1, -0.05) is 66.7 Å². The Morgan fingerprint density at radius 1 is 0.853 bits per heavy atom. The van der Waals surface area contributed by atoms with Gasteiger partial charge < -0.3 is 4.74 Å². The Hall–Kier alpha value is -3.83. The predicted molar refractivity (Wildman–Crippen MR) is 143 cm³/mol.